The number of aryl methyl sites for hydroxylation is 1. The molecule has 27 heavy (non-hydrogen) atoms. The Bertz CT molecular complexity index is 958. The molecule has 140 valence electrons. The first-order valence-electron chi connectivity index (χ1n) is 8.74. The first kappa shape index (κ1) is 18.5. The van der Waals surface area contributed by atoms with Gasteiger partial charge in [0, 0.05) is 26.3 Å². The third kappa shape index (κ3) is 4.28. The number of carbonyl (C=O) groups is 1. The highest BCUT2D eigenvalue weighted by molar-refractivity contribution is 5.87. The van der Waals surface area contributed by atoms with Crippen molar-refractivity contribution >= 4 is 34.4 Å². The molecule has 2 aromatic heterocycles. The van der Waals surface area contributed by atoms with Crippen molar-refractivity contribution in [2.24, 2.45) is 0 Å². The third-order valence-corrected chi connectivity index (χ3v) is 4.13. The minimum Gasteiger partial charge on any atom is -0.347 e. The largest absolute Gasteiger partial charge is 0.347 e. The summed E-state index contributed by atoms with van der Waals surface area (Å²) in [5, 5.41) is 3.30. The number of rotatable bonds is 6. The number of fused-ring (bicyclic) bond motifs is 1. The predicted molar refractivity (Wildman–Crippen MR) is 106 cm³/mol. The lowest BCUT2D eigenvalue weighted by atomic mass is 10.2. The number of carbonyl (C=O) groups excluding carboxylic acids is 1. The Morgan fingerprint density at radius 1 is 1.19 bits per heavy atom. The van der Waals surface area contributed by atoms with Crippen LogP contribution in [0.4, 0.5) is 17.5 Å². The molecule has 0 spiro atoms. The minimum atomic E-state index is -0.0111. The fourth-order valence-corrected chi connectivity index (χ4v) is 2.58. The van der Waals surface area contributed by atoms with Gasteiger partial charge in [-0.05, 0) is 31.5 Å². The molecule has 1 N–H and O–H groups in total. The molecule has 0 saturated carbocycles. The molecule has 0 bridgehead atoms. The molecule has 3 aromatic rings. The smallest absolute Gasteiger partial charge is 0.241 e. The molecular formula is C19H23N7O. The van der Waals surface area contributed by atoms with Crippen molar-refractivity contribution in [3.8, 4) is 0 Å². The molecule has 1 aromatic carbocycles. The molecule has 0 aliphatic rings. The number of benzene rings is 1. The van der Waals surface area contributed by atoms with Crippen LogP contribution in [0.3, 0.4) is 0 Å². The van der Waals surface area contributed by atoms with Crippen molar-refractivity contribution in [2.45, 2.75) is 13.8 Å². The van der Waals surface area contributed by atoms with Crippen molar-refractivity contribution in [1.82, 2.24) is 24.8 Å². The molecule has 8 heteroatoms. The predicted octanol–water partition coefficient (Wildman–Crippen LogP) is 2.39. The molecule has 3 rings (SSSR count). The van der Waals surface area contributed by atoms with Gasteiger partial charge in [-0.2, -0.15) is 0 Å². The number of likely N-dealkylation sites (N-methyl/N-ethyl adjacent to an activating group) is 2. The second-order valence-electron chi connectivity index (χ2n) is 6.42. The van der Waals surface area contributed by atoms with Gasteiger partial charge in [-0.15, -0.1) is 0 Å². The summed E-state index contributed by atoms with van der Waals surface area (Å²) in [6.07, 6.45) is 3.14. The number of hydrogen-bond donors (Lipinski definition) is 1. The maximum atomic E-state index is 12.1. The highest BCUT2D eigenvalue weighted by Gasteiger charge is 2.16. The molecule has 0 aliphatic carbocycles. The standard InChI is InChI=1S/C19H23N7O/c1-5-26(11-16(27)25(3)4)19-20-10-15-17(24-19)18(22-12-21-15)23-14-8-6-7-13(2)9-14/h6-10,12H,5,11H2,1-4H3,(H,21,22,23). The molecular weight excluding hydrogens is 342 g/mol. The van der Waals surface area contributed by atoms with E-state index in [1.807, 2.05) is 43.0 Å². The monoisotopic (exact) mass is 365 g/mol. The SMILES string of the molecule is CCN(CC(=O)N(C)C)c1ncc2ncnc(Nc3cccc(C)c3)c2n1. The third-order valence-electron chi connectivity index (χ3n) is 4.13. The minimum absolute atomic E-state index is 0.0111. The Labute approximate surface area is 158 Å². The van der Waals surface area contributed by atoms with Crippen LogP contribution in [0.1, 0.15) is 12.5 Å². The lowest BCUT2D eigenvalue weighted by Gasteiger charge is -2.22. The van der Waals surface area contributed by atoms with E-state index in [1.165, 1.54) is 6.33 Å². The van der Waals surface area contributed by atoms with Gasteiger partial charge in [-0.1, -0.05) is 12.1 Å². The molecule has 0 fully saturated rings. The Morgan fingerprint density at radius 2 is 2.00 bits per heavy atom. The fourth-order valence-electron chi connectivity index (χ4n) is 2.58. The van der Waals surface area contributed by atoms with Crippen LogP contribution in [0, 0.1) is 6.92 Å². The van der Waals surface area contributed by atoms with Gasteiger partial charge in [0.2, 0.25) is 11.9 Å². The fraction of sp³-hybridized carbons (Fsp3) is 0.316. The lowest BCUT2D eigenvalue weighted by Crippen LogP contribution is -2.37. The van der Waals surface area contributed by atoms with E-state index in [0.717, 1.165) is 11.3 Å². The van der Waals surface area contributed by atoms with E-state index < -0.39 is 0 Å². The Balaban J connectivity index is 1.96. The van der Waals surface area contributed by atoms with E-state index in [4.69, 9.17) is 0 Å². The lowest BCUT2D eigenvalue weighted by molar-refractivity contribution is -0.127. The summed E-state index contributed by atoms with van der Waals surface area (Å²) >= 11 is 0. The quantitative estimate of drug-likeness (QED) is 0.717. The summed E-state index contributed by atoms with van der Waals surface area (Å²) in [6.45, 7) is 4.82. The molecule has 0 atom stereocenters. The van der Waals surface area contributed by atoms with Crippen LogP contribution >= 0.6 is 0 Å². The van der Waals surface area contributed by atoms with Crippen LogP contribution in [0.2, 0.25) is 0 Å². The number of aromatic nitrogens is 4. The van der Waals surface area contributed by atoms with Gasteiger partial charge in [-0.25, -0.2) is 19.9 Å². The summed E-state index contributed by atoms with van der Waals surface area (Å²) in [5.41, 5.74) is 3.32. The van der Waals surface area contributed by atoms with Crippen LogP contribution in [-0.2, 0) is 4.79 Å². The summed E-state index contributed by atoms with van der Waals surface area (Å²) in [4.78, 5) is 33.1. The molecule has 1 amide bonds. The number of hydrogen-bond acceptors (Lipinski definition) is 7. The first-order chi connectivity index (χ1) is 13.0. The second-order valence-corrected chi connectivity index (χ2v) is 6.42. The number of nitrogens with zero attached hydrogens (tertiary/aromatic N) is 6. The summed E-state index contributed by atoms with van der Waals surface area (Å²) < 4.78 is 0. The second kappa shape index (κ2) is 7.94. The maximum Gasteiger partial charge on any atom is 0.241 e. The highest BCUT2D eigenvalue weighted by atomic mass is 16.2. The Morgan fingerprint density at radius 3 is 2.70 bits per heavy atom. The van der Waals surface area contributed by atoms with E-state index in [2.05, 4.69) is 25.3 Å². The number of amides is 1. The highest BCUT2D eigenvalue weighted by Crippen LogP contribution is 2.23. The normalized spacial score (nSPS) is 10.7. The first-order valence-corrected chi connectivity index (χ1v) is 8.74. The summed E-state index contributed by atoms with van der Waals surface area (Å²) in [5.74, 6) is 1.06. The van der Waals surface area contributed by atoms with Gasteiger partial charge >= 0.3 is 0 Å². The van der Waals surface area contributed by atoms with Crippen LogP contribution in [0.15, 0.2) is 36.8 Å². The molecule has 0 saturated heterocycles. The molecule has 0 aliphatic heterocycles. The van der Waals surface area contributed by atoms with Crippen LogP contribution in [-0.4, -0.2) is 57.9 Å². The van der Waals surface area contributed by atoms with Gasteiger partial charge < -0.3 is 15.1 Å². The van der Waals surface area contributed by atoms with E-state index in [9.17, 15) is 4.79 Å². The van der Waals surface area contributed by atoms with Crippen molar-refractivity contribution in [1.29, 1.82) is 0 Å². The van der Waals surface area contributed by atoms with Gasteiger partial charge in [0.25, 0.3) is 0 Å². The topological polar surface area (TPSA) is 87.1 Å². The Hall–Kier alpha value is -3.29. The van der Waals surface area contributed by atoms with Crippen molar-refractivity contribution in [3.63, 3.8) is 0 Å². The van der Waals surface area contributed by atoms with Crippen LogP contribution in [0.25, 0.3) is 11.0 Å². The van der Waals surface area contributed by atoms with Gasteiger partial charge in [-0.3, -0.25) is 4.79 Å². The molecule has 2 heterocycles. The van der Waals surface area contributed by atoms with E-state index >= 15 is 0 Å². The van der Waals surface area contributed by atoms with Crippen molar-refractivity contribution in [2.75, 3.05) is 37.4 Å². The molecule has 8 nitrogen and oxygen atoms in total. The van der Waals surface area contributed by atoms with Gasteiger partial charge in [0.1, 0.15) is 17.4 Å². The zero-order valence-electron chi connectivity index (χ0n) is 16.0. The summed E-state index contributed by atoms with van der Waals surface area (Å²) in [6, 6.07) is 8.01. The van der Waals surface area contributed by atoms with E-state index in [0.29, 0.717) is 29.3 Å². The number of nitrogens with one attached hydrogen (secondary N) is 1. The average molecular weight is 365 g/mol. The zero-order chi connectivity index (χ0) is 19.4. The van der Waals surface area contributed by atoms with Crippen LogP contribution in [0.5, 0.6) is 0 Å². The molecule has 0 unspecified atom stereocenters. The van der Waals surface area contributed by atoms with Gasteiger partial charge in [0.15, 0.2) is 5.82 Å². The average Bonchev–Trinajstić information content (AvgIpc) is 2.66. The zero-order valence-corrected chi connectivity index (χ0v) is 16.0. The number of anilines is 3. The summed E-state index contributed by atoms with van der Waals surface area (Å²) in [7, 11) is 3.46. The van der Waals surface area contributed by atoms with E-state index in [1.54, 1.807) is 25.2 Å². The maximum absolute atomic E-state index is 12.1. The van der Waals surface area contributed by atoms with E-state index in [-0.39, 0.29) is 12.5 Å². The van der Waals surface area contributed by atoms with Crippen LogP contribution < -0.4 is 10.2 Å². The van der Waals surface area contributed by atoms with Gasteiger partial charge in [0.05, 0.1) is 12.7 Å². The Kier molecular flexibility index (Phi) is 5.44. The van der Waals surface area contributed by atoms with Crippen molar-refractivity contribution < 1.29 is 4.79 Å². The van der Waals surface area contributed by atoms with Crippen molar-refractivity contribution in [3.05, 3.63) is 42.4 Å². The molecule has 0 radical (unpaired) electrons.